The van der Waals surface area contributed by atoms with Gasteiger partial charge in [0.2, 0.25) is 0 Å². The molecular formula is C17H34N2O4. The van der Waals surface area contributed by atoms with Gasteiger partial charge in [-0.05, 0) is 47.5 Å². The summed E-state index contributed by atoms with van der Waals surface area (Å²) in [5.74, 6) is 0. The second-order valence-electron chi connectivity index (χ2n) is 7.05. The van der Waals surface area contributed by atoms with Crippen molar-refractivity contribution in [3.8, 4) is 0 Å². The molecule has 1 fully saturated rings. The van der Waals surface area contributed by atoms with Crippen molar-refractivity contribution in [3.63, 3.8) is 0 Å². The molecule has 0 spiro atoms. The smallest absolute Gasteiger partial charge is 0.410 e. The van der Waals surface area contributed by atoms with Crippen molar-refractivity contribution in [1.82, 2.24) is 10.2 Å². The summed E-state index contributed by atoms with van der Waals surface area (Å²) in [6.07, 6.45) is 1.75. The molecule has 1 aliphatic rings. The number of carbonyl (C=O) groups is 1. The van der Waals surface area contributed by atoms with Crippen molar-refractivity contribution >= 4 is 6.09 Å². The van der Waals surface area contributed by atoms with Gasteiger partial charge in [0, 0.05) is 32.3 Å². The molecule has 0 bridgehead atoms. The van der Waals surface area contributed by atoms with Crippen LogP contribution in [0.3, 0.4) is 0 Å². The molecule has 0 aliphatic carbocycles. The lowest BCUT2D eigenvalue weighted by Crippen LogP contribution is -2.44. The highest BCUT2D eigenvalue weighted by molar-refractivity contribution is 5.68. The Bertz CT molecular complexity index is 336. The first kappa shape index (κ1) is 20.2. The summed E-state index contributed by atoms with van der Waals surface area (Å²) >= 11 is 0. The molecule has 1 rings (SSSR count). The van der Waals surface area contributed by atoms with Crippen LogP contribution in [-0.2, 0) is 14.2 Å². The third kappa shape index (κ3) is 9.13. The van der Waals surface area contributed by atoms with E-state index in [9.17, 15) is 4.79 Å². The first-order valence-electron chi connectivity index (χ1n) is 8.72. The van der Waals surface area contributed by atoms with Gasteiger partial charge < -0.3 is 24.4 Å². The summed E-state index contributed by atoms with van der Waals surface area (Å²) in [6.45, 7) is 14.2. The van der Waals surface area contributed by atoms with E-state index in [1.807, 2.05) is 27.7 Å². The van der Waals surface area contributed by atoms with Crippen LogP contribution in [-0.4, -0.2) is 68.2 Å². The number of hydrogen-bond donors (Lipinski definition) is 1. The Kier molecular flexibility index (Phi) is 8.87. The number of nitrogens with one attached hydrogen (secondary N) is 1. The molecule has 0 aromatic carbocycles. The Morgan fingerprint density at radius 1 is 1.30 bits per heavy atom. The topological polar surface area (TPSA) is 60.0 Å². The van der Waals surface area contributed by atoms with Crippen molar-refractivity contribution in [2.24, 2.45) is 0 Å². The minimum Gasteiger partial charge on any atom is -0.444 e. The van der Waals surface area contributed by atoms with Crippen LogP contribution in [0.5, 0.6) is 0 Å². The average Bonchev–Trinajstić information content (AvgIpc) is 2.48. The summed E-state index contributed by atoms with van der Waals surface area (Å²) in [4.78, 5) is 13.8. The zero-order chi connectivity index (χ0) is 17.3. The van der Waals surface area contributed by atoms with Crippen LogP contribution in [0.25, 0.3) is 0 Å². The molecule has 1 N–H and O–H groups in total. The fourth-order valence-electron chi connectivity index (χ4n) is 2.42. The van der Waals surface area contributed by atoms with Crippen LogP contribution >= 0.6 is 0 Å². The maximum absolute atomic E-state index is 12.0. The molecule has 1 unspecified atom stereocenters. The van der Waals surface area contributed by atoms with Crippen LogP contribution in [0.15, 0.2) is 0 Å². The molecule has 6 nitrogen and oxygen atoms in total. The first-order chi connectivity index (χ1) is 10.8. The Balaban J connectivity index is 2.11. The summed E-state index contributed by atoms with van der Waals surface area (Å²) in [7, 11) is 0. The molecule has 0 aromatic heterocycles. The van der Waals surface area contributed by atoms with Gasteiger partial charge in [-0.2, -0.15) is 0 Å². The average molecular weight is 330 g/mol. The van der Waals surface area contributed by atoms with Crippen molar-refractivity contribution in [2.45, 2.75) is 65.2 Å². The van der Waals surface area contributed by atoms with Crippen molar-refractivity contribution in [3.05, 3.63) is 0 Å². The standard InChI is InChI=1S/C17H34N2O4/c1-6-21-13-14(2)18-9-12-22-15-7-10-19(11-8-15)16(20)23-17(3,4)5/h14-15,18H,6-13H2,1-5H3. The summed E-state index contributed by atoms with van der Waals surface area (Å²) < 4.78 is 16.6. The Hall–Kier alpha value is -0.850. The SMILES string of the molecule is CCOCC(C)NCCOC1CCN(C(=O)OC(C)(C)C)CC1. The normalized spacial score (nSPS) is 18.0. The number of amides is 1. The number of piperidine rings is 1. The summed E-state index contributed by atoms with van der Waals surface area (Å²) in [6, 6.07) is 0.340. The van der Waals surface area contributed by atoms with E-state index >= 15 is 0 Å². The third-order valence-electron chi connectivity index (χ3n) is 3.61. The van der Waals surface area contributed by atoms with Gasteiger partial charge in [-0.15, -0.1) is 0 Å². The number of hydrogen-bond acceptors (Lipinski definition) is 5. The minimum atomic E-state index is -0.436. The quantitative estimate of drug-likeness (QED) is 0.693. The number of nitrogens with zero attached hydrogens (tertiary/aromatic N) is 1. The minimum absolute atomic E-state index is 0.220. The predicted molar refractivity (Wildman–Crippen MR) is 90.7 cm³/mol. The highest BCUT2D eigenvalue weighted by Gasteiger charge is 2.27. The zero-order valence-electron chi connectivity index (χ0n) is 15.4. The lowest BCUT2D eigenvalue weighted by Gasteiger charge is -2.33. The van der Waals surface area contributed by atoms with Gasteiger partial charge in [-0.1, -0.05) is 0 Å². The van der Waals surface area contributed by atoms with Crippen molar-refractivity contribution in [2.75, 3.05) is 39.5 Å². The molecule has 1 aliphatic heterocycles. The van der Waals surface area contributed by atoms with Crippen LogP contribution in [0, 0.1) is 0 Å². The van der Waals surface area contributed by atoms with Gasteiger partial charge in [-0.25, -0.2) is 4.79 Å². The molecule has 1 saturated heterocycles. The van der Waals surface area contributed by atoms with Crippen molar-refractivity contribution in [1.29, 1.82) is 0 Å². The second-order valence-corrected chi connectivity index (χ2v) is 7.05. The van der Waals surface area contributed by atoms with Crippen molar-refractivity contribution < 1.29 is 19.0 Å². The van der Waals surface area contributed by atoms with Crippen LogP contribution in [0.1, 0.15) is 47.5 Å². The lowest BCUT2D eigenvalue weighted by atomic mass is 10.1. The molecule has 136 valence electrons. The zero-order valence-corrected chi connectivity index (χ0v) is 15.4. The number of carbonyl (C=O) groups excluding carboxylic acids is 1. The molecule has 1 amide bonds. The van der Waals surface area contributed by atoms with Gasteiger partial charge in [0.25, 0.3) is 0 Å². The predicted octanol–water partition coefficient (Wildman–Crippen LogP) is 2.42. The van der Waals surface area contributed by atoms with Gasteiger partial charge >= 0.3 is 6.09 Å². The molecule has 1 heterocycles. The van der Waals surface area contributed by atoms with E-state index in [0.29, 0.717) is 25.7 Å². The molecule has 0 saturated carbocycles. The fraction of sp³-hybridized carbons (Fsp3) is 0.941. The molecule has 6 heteroatoms. The van der Waals surface area contributed by atoms with Crippen LogP contribution < -0.4 is 5.32 Å². The van der Waals surface area contributed by atoms with E-state index in [1.165, 1.54) is 0 Å². The Morgan fingerprint density at radius 2 is 1.96 bits per heavy atom. The monoisotopic (exact) mass is 330 g/mol. The Morgan fingerprint density at radius 3 is 2.52 bits per heavy atom. The first-order valence-corrected chi connectivity index (χ1v) is 8.72. The number of ether oxygens (including phenoxy) is 3. The highest BCUT2D eigenvalue weighted by Crippen LogP contribution is 2.17. The van der Waals surface area contributed by atoms with E-state index in [2.05, 4.69) is 12.2 Å². The number of likely N-dealkylation sites (tertiary alicyclic amines) is 1. The fourth-order valence-corrected chi connectivity index (χ4v) is 2.42. The van der Waals surface area contributed by atoms with E-state index < -0.39 is 5.60 Å². The van der Waals surface area contributed by atoms with Gasteiger partial charge in [-0.3, -0.25) is 0 Å². The maximum Gasteiger partial charge on any atom is 0.410 e. The number of rotatable bonds is 8. The molecule has 0 aromatic rings. The van der Waals surface area contributed by atoms with Crippen LogP contribution in [0.4, 0.5) is 4.79 Å². The highest BCUT2D eigenvalue weighted by atomic mass is 16.6. The van der Waals surface area contributed by atoms with Gasteiger partial charge in [0.1, 0.15) is 5.60 Å². The molecule has 23 heavy (non-hydrogen) atoms. The van der Waals surface area contributed by atoms with Crippen LogP contribution in [0.2, 0.25) is 0 Å². The third-order valence-corrected chi connectivity index (χ3v) is 3.61. The summed E-state index contributed by atoms with van der Waals surface area (Å²) in [5.41, 5.74) is -0.436. The van der Waals surface area contributed by atoms with E-state index in [4.69, 9.17) is 14.2 Å². The maximum atomic E-state index is 12.0. The molecule has 0 radical (unpaired) electrons. The lowest BCUT2D eigenvalue weighted by molar-refractivity contribution is -0.0111. The van der Waals surface area contributed by atoms with E-state index in [0.717, 1.165) is 32.6 Å². The van der Waals surface area contributed by atoms with Gasteiger partial charge in [0.15, 0.2) is 0 Å². The molecular weight excluding hydrogens is 296 g/mol. The van der Waals surface area contributed by atoms with Gasteiger partial charge in [0.05, 0.1) is 19.3 Å². The second kappa shape index (κ2) is 10.1. The molecule has 1 atom stereocenters. The summed E-state index contributed by atoms with van der Waals surface area (Å²) in [5, 5.41) is 3.38. The largest absolute Gasteiger partial charge is 0.444 e. The van der Waals surface area contributed by atoms with E-state index in [-0.39, 0.29) is 12.2 Å². The Labute approximate surface area is 140 Å². The van der Waals surface area contributed by atoms with E-state index in [1.54, 1.807) is 4.90 Å².